The van der Waals surface area contributed by atoms with Crippen LogP contribution in [0.25, 0.3) is 0 Å². The van der Waals surface area contributed by atoms with Crippen LogP contribution < -0.4 is 0 Å². The number of rotatable bonds is 18. The zero-order valence-electron chi connectivity index (χ0n) is 18.0. The van der Waals surface area contributed by atoms with Gasteiger partial charge in [-0.25, -0.2) is 4.79 Å². The van der Waals surface area contributed by atoms with Crippen molar-refractivity contribution in [2.24, 2.45) is 0 Å². The van der Waals surface area contributed by atoms with E-state index in [9.17, 15) is 4.79 Å². The molecule has 0 saturated carbocycles. The van der Waals surface area contributed by atoms with Crippen molar-refractivity contribution in [3.05, 3.63) is 72.9 Å². The highest BCUT2D eigenvalue weighted by molar-refractivity contribution is 5.70. The maximum Gasteiger partial charge on any atom is 0.361 e. The minimum absolute atomic E-state index is 0.372. The van der Waals surface area contributed by atoms with Gasteiger partial charge in [-0.3, -0.25) is 0 Å². The zero-order valence-corrected chi connectivity index (χ0v) is 18.0. The molecular weight excluding hydrogens is 364 g/mol. The second-order valence-corrected chi connectivity index (χ2v) is 6.33. The Labute approximate surface area is 177 Å². The number of carbonyl (C=O) groups is 1. The molecule has 0 bridgehead atoms. The lowest BCUT2D eigenvalue weighted by molar-refractivity contribution is -0.183. The fourth-order valence-electron chi connectivity index (χ4n) is 2.27. The first kappa shape index (κ1) is 26.8. The van der Waals surface area contributed by atoms with Crippen LogP contribution >= 0.6 is 0 Å². The number of hydrogen-bond acceptors (Lipinski definition) is 3. The van der Waals surface area contributed by atoms with Crippen molar-refractivity contribution in [3.63, 3.8) is 0 Å². The zero-order chi connectivity index (χ0) is 21.4. The van der Waals surface area contributed by atoms with Crippen LogP contribution in [-0.2, 0) is 14.3 Å². The highest BCUT2D eigenvalue weighted by Gasteiger charge is 2.15. The van der Waals surface area contributed by atoms with Gasteiger partial charge in [0.1, 0.15) is 0 Å². The first-order valence-electron chi connectivity index (χ1n) is 10.5. The van der Waals surface area contributed by atoms with E-state index in [4.69, 9.17) is 14.6 Å². The molecule has 4 nitrogen and oxygen atoms in total. The van der Waals surface area contributed by atoms with E-state index in [0.717, 1.165) is 51.4 Å². The van der Waals surface area contributed by atoms with E-state index in [0.29, 0.717) is 6.61 Å². The lowest BCUT2D eigenvalue weighted by Crippen LogP contribution is -2.26. The van der Waals surface area contributed by atoms with Crippen molar-refractivity contribution in [2.75, 3.05) is 13.7 Å². The summed E-state index contributed by atoms with van der Waals surface area (Å²) >= 11 is 0. The van der Waals surface area contributed by atoms with Crippen molar-refractivity contribution in [1.29, 1.82) is 0 Å². The molecule has 0 amide bonds. The number of aliphatic carboxylic acids is 1. The SMILES string of the molecule is CCC=CCC=CCC=CCC=CCC=CCC=CCCCOC(OC)C(=O)O. The fourth-order valence-corrected chi connectivity index (χ4v) is 2.27. The summed E-state index contributed by atoms with van der Waals surface area (Å²) in [6, 6.07) is 0. The Balaban J connectivity index is 3.56. The van der Waals surface area contributed by atoms with Crippen LogP contribution in [0.5, 0.6) is 0 Å². The van der Waals surface area contributed by atoms with Crippen LogP contribution in [0.1, 0.15) is 58.3 Å². The Morgan fingerprint density at radius 1 is 0.759 bits per heavy atom. The van der Waals surface area contributed by atoms with Crippen LogP contribution in [0.3, 0.4) is 0 Å². The van der Waals surface area contributed by atoms with Gasteiger partial charge in [0.25, 0.3) is 6.29 Å². The van der Waals surface area contributed by atoms with E-state index in [2.05, 4.69) is 79.8 Å². The Morgan fingerprint density at radius 3 is 1.55 bits per heavy atom. The third-order valence-electron chi connectivity index (χ3n) is 3.80. The molecule has 0 fully saturated rings. The first-order valence-corrected chi connectivity index (χ1v) is 10.5. The third-order valence-corrected chi connectivity index (χ3v) is 3.80. The van der Waals surface area contributed by atoms with E-state index in [-0.39, 0.29) is 0 Å². The molecule has 0 aliphatic carbocycles. The smallest absolute Gasteiger partial charge is 0.361 e. The topological polar surface area (TPSA) is 55.8 Å². The van der Waals surface area contributed by atoms with Crippen LogP contribution in [0, 0.1) is 0 Å². The summed E-state index contributed by atoms with van der Waals surface area (Å²) in [5.74, 6) is -1.10. The van der Waals surface area contributed by atoms with Gasteiger partial charge in [-0.2, -0.15) is 0 Å². The number of allylic oxidation sites excluding steroid dienone is 12. The Hall–Kier alpha value is -2.17. The van der Waals surface area contributed by atoms with Crippen LogP contribution in [-0.4, -0.2) is 31.1 Å². The summed E-state index contributed by atoms with van der Waals surface area (Å²) in [6.45, 7) is 2.52. The van der Waals surface area contributed by atoms with Gasteiger partial charge >= 0.3 is 5.97 Å². The Bertz CT molecular complexity index is 553. The molecule has 29 heavy (non-hydrogen) atoms. The van der Waals surface area contributed by atoms with Crippen molar-refractivity contribution >= 4 is 5.97 Å². The predicted molar refractivity (Wildman–Crippen MR) is 122 cm³/mol. The predicted octanol–water partition coefficient (Wildman–Crippen LogP) is 6.54. The maximum atomic E-state index is 10.7. The number of carboxylic acid groups (broad SMARTS) is 1. The van der Waals surface area contributed by atoms with Crippen molar-refractivity contribution in [1.82, 2.24) is 0 Å². The standard InChI is InChI=1S/C25H38O4/c1-3-4-5-6-7-8-9-10-11-12-13-14-15-16-17-18-19-20-21-22-23-29-25(28-2)24(26)27/h4-5,7-8,10-11,13-14,16-17,19-20,25H,3,6,9,12,15,18,21-23H2,1-2H3,(H,26,27). The van der Waals surface area contributed by atoms with Gasteiger partial charge in [-0.15, -0.1) is 0 Å². The second-order valence-electron chi connectivity index (χ2n) is 6.33. The lowest BCUT2D eigenvalue weighted by Gasteiger charge is -2.10. The molecule has 162 valence electrons. The van der Waals surface area contributed by atoms with E-state index < -0.39 is 12.3 Å². The molecule has 0 aromatic carbocycles. The summed E-state index contributed by atoms with van der Waals surface area (Å²) in [7, 11) is 1.32. The minimum Gasteiger partial charge on any atom is -0.477 e. The molecule has 0 spiro atoms. The normalized spacial score (nSPS) is 14.0. The van der Waals surface area contributed by atoms with Gasteiger partial charge in [-0.1, -0.05) is 79.8 Å². The minimum atomic E-state index is -1.17. The molecule has 4 heteroatoms. The van der Waals surface area contributed by atoms with Gasteiger partial charge in [0.05, 0.1) is 6.61 Å². The van der Waals surface area contributed by atoms with E-state index in [1.54, 1.807) is 0 Å². The van der Waals surface area contributed by atoms with Gasteiger partial charge in [0.15, 0.2) is 0 Å². The number of unbranched alkanes of at least 4 members (excludes halogenated alkanes) is 1. The van der Waals surface area contributed by atoms with Gasteiger partial charge in [-0.05, 0) is 51.4 Å². The summed E-state index contributed by atoms with van der Waals surface area (Å²) < 4.78 is 9.79. The van der Waals surface area contributed by atoms with Gasteiger partial charge in [0, 0.05) is 7.11 Å². The van der Waals surface area contributed by atoms with E-state index in [1.807, 2.05) is 0 Å². The molecular formula is C25H38O4. The van der Waals surface area contributed by atoms with Gasteiger partial charge in [0.2, 0.25) is 0 Å². The Morgan fingerprint density at radius 2 is 1.17 bits per heavy atom. The highest BCUT2D eigenvalue weighted by Crippen LogP contribution is 2.00. The average molecular weight is 403 g/mol. The van der Waals surface area contributed by atoms with Crippen LogP contribution in [0.2, 0.25) is 0 Å². The molecule has 0 aromatic rings. The summed E-state index contributed by atoms with van der Waals surface area (Å²) in [6.07, 6.45) is 32.5. The average Bonchev–Trinajstić information content (AvgIpc) is 2.71. The second kappa shape index (κ2) is 22.1. The van der Waals surface area contributed by atoms with E-state index in [1.165, 1.54) is 7.11 Å². The Kier molecular flexibility index (Phi) is 20.5. The quantitative estimate of drug-likeness (QED) is 0.161. The molecule has 0 heterocycles. The molecule has 0 radical (unpaired) electrons. The number of methoxy groups -OCH3 is 1. The molecule has 0 aliphatic rings. The summed E-state index contributed by atoms with van der Waals surface area (Å²) in [5.41, 5.74) is 0. The fraction of sp³-hybridized carbons (Fsp3) is 0.480. The summed E-state index contributed by atoms with van der Waals surface area (Å²) in [4.78, 5) is 10.7. The first-order chi connectivity index (χ1) is 14.2. The summed E-state index contributed by atoms with van der Waals surface area (Å²) in [5, 5.41) is 8.75. The largest absolute Gasteiger partial charge is 0.477 e. The monoisotopic (exact) mass is 402 g/mol. The lowest BCUT2D eigenvalue weighted by atomic mass is 10.2. The molecule has 1 atom stereocenters. The number of hydrogen-bond donors (Lipinski definition) is 1. The molecule has 0 saturated heterocycles. The van der Waals surface area contributed by atoms with Crippen molar-refractivity contribution < 1.29 is 19.4 Å². The number of ether oxygens (including phenoxy) is 2. The third kappa shape index (κ3) is 20.4. The molecule has 1 N–H and O–H groups in total. The molecule has 0 aliphatic heterocycles. The van der Waals surface area contributed by atoms with Crippen LogP contribution in [0.15, 0.2) is 72.9 Å². The van der Waals surface area contributed by atoms with Crippen molar-refractivity contribution in [3.8, 4) is 0 Å². The van der Waals surface area contributed by atoms with Crippen LogP contribution in [0.4, 0.5) is 0 Å². The van der Waals surface area contributed by atoms with Gasteiger partial charge < -0.3 is 14.6 Å². The van der Waals surface area contributed by atoms with E-state index >= 15 is 0 Å². The number of carboxylic acids is 1. The molecule has 0 rings (SSSR count). The highest BCUT2D eigenvalue weighted by atomic mass is 16.7. The van der Waals surface area contributed by atoms with Crippen molar-refractivity contribution in [2.45, 2.75) is 64.6 Å². The molecule has 1 unspecified atom stereocenters. The maximum absolute atomic E-state index is 10.7. The molecule has 0 aromatic heterocycles.